The van der Waals surface area contributed by atoms with Gasteiger partial charge in [0.2, 0.25) is 5.91 Å². The van der Waals surface area contributed by atoms with Crippen molar-refractivity contribution in [3.05, 3.63) is 30.0 Å². The van der Waals surface area contributed by atoms with Gasteiger partial charge in [0.1, 0.15) is 17.8 Å². The van der Waals surface area contributed by atoms with Gasteiger partial charge in [-0.05, 0) is 38.8 Å². The van der Waals surface area contributed by atoms with E-state index in [0.717, 1.165) is 48.9 Å². The molecule has 2 atom stereocenters. The molecule has 0 saturated carbocycles. The third kappa shape index (κ3) is 3.66. The molecule has 2 aromatic heterocycles. The van der Waals surface area contributed by atoms with Gasteiger partial charge in [-0.25, -0.2) is 0 Å². The van der Waals surface area contributed by atoms with E-state index in [0.29, 0.717) is 0 Å². The van der Waals surface area contributed by atoms with E-state index in [4.69, 9.17) is 4.42 Å². The van der Waals surface area contributed by atoms with E-state index in [2.05, 4.69) is 10.2 Å². The van der Waals surface area contributed by atoms with Crippen LogP contribution in [0.1, 0.15) is 50.2 Å². The molecule has 24 heavy (non-hydrogen) atoms. The first kappa shape index (κ1) is 17.1. The molecule has 130 valence electrons. The van der Waals surface area contributed by atoms with Gasteiger partial charge in [-0.1, -0.05) is 24.6 Å². The maximum atomic E-state index is 13.1. The van der Waals surface area contributed by atoms with Crippen LogP contribution in [-0.4, -0.2) is 37.4 Å². The van der Waals surface area contributed by atoms with Gasteiger partial charge < -0.3 is 13.9 Å². The molecule has 3 rings (SSSR count). The van der Waals surface area contributed by atoms with E-state index >= 15 is 0 Å². The third-order valence-electron chi connectivity index (χ3n) is 4.43. The van der Waals surface area contributed by atoms with Crippen molar-refractivity contribution in [3.8, 4) is 0 Å². The Balaban J connectivity index is 1.77. The Hall–Kier alpha value is -1.76. The van der Waals surface area contributed by atoms with E-state index in [9.17, 15) is 4.79 Å². The molecular weight excluding hydrogens is 324 g/mol. The predicted molar refractivity (Wildman–Crippen MR) is 92.7 cm³/mol. The zero-order valence-electron chi connectivity index (χ0n) is 14.4. The summed E-state index contributed by atoms with van der Waals surface area (Å²) < 4.78 is 7.67. The van der Waals surface area contributed by atoms with Crippen LogP contribution in [0.25, 0.3) is 0 Å². The molecule has 0 bridgehead atoms. The molecule has 1 aliphatic heterocycles. The van der Waals surface area contributed by atoms with Crippen molar-refractivity contribution in [3.63, 3.8) is 0 Å². The minimum atomic E-state index is -0.204. The number of hydrogen-bond acceptors (Lipinski definition) is 5. The number of carbonyl (C=O) groups excluding carboxylic acids is 1. The lowest BCUT2D eigenvalue weighted by atomic mass is 10.1. The standard InChI is InChI=1S/C17H24N4O2S/c1-12-8-9-15(23-12)14-7-5-4-6-10-21(14)16(22)13(2)24-17-19-18-11-20(17)3/h8-9,11,13-14H,4-7,10H2,1-3H3/t13-,14-/m1/s1. The first-order chi connectivity index (χ1) is 11.6. The van der Waals surface area contributed by atoms with Crippen molar-refractivity contribution in [2.45, 2.75) is 56.0 Å². The summed E-state index contributed by atoms with van der Waals surface area (Å²) in [5.74, 6) is 1.94. The second kappa shape index (κ2) is 7.42. The SMILES string of the molecule is Cc1ccc([C@H]2CCCCCN2C(=O)[C@@H](C)Sc2nncn2C)o1. The van der Waals surface area contributed by atoms with Gasteiger partial charge in [0.15, 0.2) is 5.16 Å². The van der Waals surface area contributed by atoms with Gasteiger partial charge in [-0.3, -0.25) is 4.79 Å². The highest BCUT2D eigenvalue weighted by atomic mass is 32.2. The Morgan fingerprint density at radius 2 is 2.21 bits per heavy atom. The molecule has 2 aromatic rings. The minimum absolute atomic E-state index is 0.0382. The summed E-state index contributed by atoms with van der Waals surface area (Å²) >= 11 is 1.46. The molecule has 0 N–H and O–H groups in total. The highest BCUT2D eigenvalue weighted by molar-refractivity contribution is 8.00. The topological polar surface area (TPSA) is 64.2 Å². The Morgan fingerprint density at radius 3 is 2.88 bits per heavy atom. The summed E-state index contributed by atoms with van der Waals surface area (Å²) in [5, 5.41) is 8.50. The molecule has 0 spiro atoms. The van der Waals surface area contributed by atoms with Crippen molar-refractivity contribution < 1.29 is 9.21 Å². The van der Waals surface area contributed by atoms with Crippen LogP contribution in [0.15, 0.2) is 28.0 Å². The summed E-state index contributed by atoms with van der Waals surface area (Å²) in [5.41, 5.74) is 0. The van der Waals surface area contributed by atoms with Gasteiger partial charge in [-0.15, -0.1) is 10.2 Å². The number of amides is 1. The fourth-order valence-corrected chi connectivity index (χ4v) is 3.98. The molecule has 3 heterocycles. The summed E-state index contributed by atoms with van der Waals surface area (Å²) in [7, 11) is 1.89. The molecular formula is C17H24N4O2S. The highest BCUT2D eigenvalue weighted by Gasteiger charge is 2.32. The van der Waals surface area contributed by atoms with E-state index in [1.165, 1.54) is 11.8 Å². The van der Waals surface area contributed by atoms with Crippen molar-refractivity contribution in [1.82, 2.24) is 19.7 Å². The van der Waals surface area contributed by atoms with E-state index < -0.39 is 0 Å². The number of hydrogen-bond donors (Lipinski definition) is 0. The molecule has 6 nitrogen and oxygen atoms in total. The Labute approximate surface area is 146 Å². The normalized spacial score (nSPS) is 20.0. The average molecular weight is 348 g/mol. The molecule has 1 aliphatic rings. The molecule has 0 aliphatic carbocycles. The smallest absolute Gasteiger partial charge is 0.236 e. The van der Waals surface area contributed by atoms with Crippen molar-refractivity contribution in [1.29, 1.82) is 0 Å². The van der Waals surface area contributed by atoms with Crippen LogP contribution in [-0.2, 0) is 11.8 Å². The van der Waals surface area contributed by atoms with Crippen LogP contribution in [0.5, 0.6) is 0 Å². The Kier molecular flexibility index (Phi) is 5.28. The lowest BCUT2D eigenvalue weighted by molar-refractivity contribution is -0.133. The molecule has 1 fully saturated rings. The van der Waals surface area contributed by atoms with Crippen molar-refractivity contribution in [2.24, 2.45) is 7.05 Å². The molecule has 0 aromatic carbocycles. The maximum absolute atomic E-state index is 13.1. The molecule has 0 unspecified atom stereocenters. The summed E-state index contributed by atoms with van der Waals surface area (Å²) in [4.78, 5) is 15.1. The molecule has 1 amide bonds. The van der Waals surface area contributed by atoms with Crippen LogP contribution in [0, 0.1) is 6.92 Å². The molecule has 1 saturated heterocycles. The Bertz CT molecular complexity index is 696. The first-order valence-corrected chi connectivity index (χ1v) is 9.31. The number of carbonyl (C=O) groups is 1. The summed E-state index contributed by atoms with van der Waals surface area (Å²) in [6.45, 7) is 4.67. The number of likely N-dealkylation sites (tertiary alicyclic amines) is 1. The Morgan fingerprint density at radius 1 is 1.38 bits per heavy atom. The van der Waals surface area contributed by atoms with Crippen LogP contribution in [0.3, 0.4) is 0 Å². The second-order valence-corrected chi connectivity index (χ2v) is 7.64. The lowest BCUT2D eigenvalue weighted by Crippen LogP contribution is -2.39. The van der Waals surface area contributed by atoms with Gasteiger partial charge in [0.05, 0.1) is 11.3 Å². The number of thioether (sulfide) groups is 1. The van der Waals surface area contributed by atoms with Crippen LogP contribution < -0.4 is 0 Å². The number of rotatable bonds is 4. The lowest BCUT2D eigenvalue weighted by Gasteiger charge is -2.30. The quantitative estimate of drug-likeness (QED) is 0.793. The molecule has 7 heteroatoms. The zero-order chi connectivity index (χ0) is 17.1. The van der Waals surface area contributed by atoms with Gasteiger partial charge in [-0.2, -0.15) is 0 Å². The van der Waals surface area contributed by atoms with Gasteiger partial charge >= 0.3 is 0 Å². The first-order valence-electron chi connectivity index (χ1n) is 8.43. The second-order valence-electron chi connectivity index (χ2n) is 6.33. The monoisotopic (exact) mass is 348 g/mol. The fourth-order valence-electron chi connectivity index (χ4n) is 3.12. The van der Waals surface area contributed by atoms with E-state index in [1.807, 2.05) is 42.5 Å². The molecule has 0 radical (unpaired) electrons. The van der Waals surface area contributed by atoms with Gasteiger partial charge in [0.25, 0.3) is 0 Å². The zero-order valence-corrected chi connectivity index (χ0v) is 15.3. The number of nitrogens with zero attached hydrogens (tertiary/aromatic N) is 4. The highest BCUT2D eigenvalue weighted by Crippen LogP contribution is 2.33. The third-order valence-corrected chi connectivity index (χ3v) is 5.56. The van der Waals surface area contributed by atoms with Crippen molar-refractivity contribution in [2.75, 3.05) is 6.54 Å². The maximum Gasteiger partial charge on any atom is 0.236 e. The number of aryl methyl sites for hydroxylation is 2. The number of aromatic nitrogens is 3. The minimum Gasteiger partial charge on any atom is -0.464 e. The summed E-state index contributed by atoms with van der Waals surface area (Å²) in [6.07, 6.45) is 5.94. The van der Waals surface area contributed by atoms with Gasteiger partial charge in [0, 0.05) is 13.6 Å². The van der Waals surface area contributed by atoms with E-state index in [1.54, 1.807) is 6.33 Å². The predicted octanol–water partition coefficient (Wildman–Crippen LogP) is 3.34. The van der Waals surface area contributed by atoms with Crippen LogP contribution >= 0.6 is 11.8 Å². The number of furan rings is 1. The average Bonchev–Trinajstić information content (AvgIpc) is 3.08. The fraction of sp³-hybridized carbons (Fsp3) is 0.588. The summed E-state index contributed by atoms with van der Waals surface area (Å²) in [6, 6.07) is 4.02. The van der Waals surface area contributed by atoms with E-state index in [-0.39, 0.29) is 17.2 Å². The van der Waals surface area contributed by atoms with Crippen molar-refractivity contribution >= 4 is 17.7 Å². The largest absolute Gasteiger partial charge is 0.464 e. The van der Waals surface area contributed by atoms with Crippen LogP contribution in [0.2, 0.25) is 0 Å². The van der Waals surface area contributed by atoms with Crippen LogP contribution in [0.4, 0.5) is 0 Å².